The van der Waals surface area contributed by atoms with Gasteiger partial charge in [-0.1, -0.05) is 131 Å². The van der Waals surface area contributed by atoms with Gasteiger partial charge in [-0.25, -0.2) is 0 Å². The summed E-state index contributed by atoms with van der Waals surface area (Å²) in [6.45, 7) is 34.0. The highest BCUT2D eigenvalue weighted by molar-refractivity contribution is 8.00. The number of benzene rings is 6. The molecule has 0 amide bonds. The number of hydrogen-bond acceptors (Lipinski definition) is 4. The van der Waals surface area contributed by atoms with Gasteiger partial charge < -0.3 is 14.6 Å². The average Bonchev–Trinajstić information content (AvgIpc) is 3.61. The van der Waals surface area contributed by atoms with E-state index in [1.54, 1.807) is 0 Å². The second-order valence-corrected chi connectivity index (χ2v) is 25.9. The Kier molecular flexibility index (Phi) is 9.45. The van der Waals surface area contributed by atoms with E-state index in [9.17, 15) is 0 Å². The summed E-state index contributed by atoms with van der Waals surface area (Å²) >= 11 is 1.91. The first-order valence-corrected chi connectivity index (χ1v) is 25.6. The standard InChI is InChI=1S/C62H70N2OS/c1-36-27-42(40-31-46-47(61(11,12)25-24-60(46,9)10)33-49(40)63-38-19-20-43-45(30-38)59(7,8)22-21-57(43,3)4)56-52(28-36)64(50-34-48-44(29-37(50)2)58(5,6)23-26-62(48,13)14)51-32-41-39-17-15-16-18-53(39)65-54(41)35-55(51)66-56/h15-20,27-35,63H,21-26H2,1-14H3. The number of fused-ring (bicyclic) bond motifs is 8. The second kappa shape index (κ2) is 14.3. The molecule has 0 atom stereocenters. The second-order valence-electron chi connectivity index (χ2n) is 24.8. The van der Waals surface area contributed by atoms with Gasteiger partial charge in [-0.05, 0) is 184 Å². The first-order valence-electron chi connectivity index (χ1n) is 24.8. The van der Waals surface area contributed by atoms with E-state index in [1.165, 1.54) is 120 Å². The third kappa shape index (κ3) is 6.73. The van der Waals surface area contributed by atoms with Crippen LogP contribution in [0.4, 0.5) is 28.4 Å². The summed E-state index contributed by atoms with van der Waals surface area (Å²) in [4.78, 5) is 5.12. The Bertz CT molecular complexity index is 3190. The fraction of sp³-hybridized carbons (Fsp3) is 0.419. The van der Waals surface area contributed by atoms with Crippen LogP contribution in [0.15, 0.2) is 105 Å². The first-order chi connectivity index (χ1) is 30.9. The SMILES string of the molecule is Cc1cc(-c2cc3c(cc2Nc2ccc4c(c2)C(C)(C)CCC4(C)C)C(C)(C)CCC3(C)C)c2c(c1)N(c1cc3c(cc1C)C(C)(C)CCC3(C)C)c1cc3c(cc1S2)oc1ccccc13. The van der Waals surface area contributed by atoms with Crippen molar-refractivity contribution in [3.8, 4) is 11.1 Å². The molecule has 1 aromatic heterocycles. The van der Waals surface area contributed by atoms with E-state index in [0.717, 1.165) is 34.0 Å². The molecule has 0 unspecified atom stereocenters. The Morgan fingerprint density at radius 1 is 0.470 bits per heavy atom. The normalized spacial score (nSPS) is 20.2. The van der Waals surface area contributed by atoms with Gasteiger partial charge in [0.15, 0.2) is 0 Å². The topological polar surface area (TPSA) is 28.4 Å². The van der Waals surface area contributed by atoms with Crippen molar-refractivity contribution in [1.82, 2.24) is 0 Å². The van der Waals surface area contributed by atoms with E-state index < -0.39 is 0 Å². The molecule has 0 spiro atoms. The molecule has 340 valence electrons. The highest BCUT2D eigenvalue weighted by Gasteiger charge is 2.42. The highest BCUT2D eigenvalue weighted by Crippen LogP contribution is 2.60. The molecule has 66 heavy (non-hydrogen) atoms. The minimum atomic E-state index is 0.0446. The van der Waals surface area contributed by atoms with Crippen LogP contribution in [0.3, 0.4) is 0 Å². The van der Waals surface area contributed by atoms with E-state index >= 15 is 0 Å². The minimum Gasteiger partial charge on any atom is -0.456 e. The number of para-hydroxylation sites is 1. The smallest absolute Gasteiger partial charge is 0.136 e. The van der Waals surface area contributed by atoms with Crippen LogP contribution in [-0.4, -0.2) is 0 Å². The molecule has 7 aromatic rings. The van der Waals surface area contributed by atoms with E-state index in [4.69, 9.17) is 4.42 Å². The van der Waals surface area contributed by atoms with Crippen molar-refractivity contribution in [3.63, 3.8) is 0 Å². The number of nitrogens with zero attached hydrogens (tertiary/aromatic N) is 1. The molecule has 11 rings (SSSR count). The predicted octanol–water partition coefficient (Wildman–Crippen LogP) is 18.6. The van der Waals surface area contributed by atoms with Gasteiger partial charge in [-0.3, -0.25) is 0 Å². The molecule has 1 N–H and O–H groups in total. The van der Waals surface area contributed by atoms with Crippen LogP contribution >= 0.6 is 11.8 Å². The largest absolute Gasteiger partial charge is 0.456 e. The highest BCUT2D eigenvalue weighted by atomic mass is 32.2. The Balaban J connectivity index is 1.18. The molecule has 0 radical (unpaired) electrons. The zero-order valence-corrected chi connectivity index (χ0v) is 43.0. The molecular weight excluding hydrogens is 821 g/mol. The molecule has 0 saturated carbocycles. The average molecular weight is 891 g/mol. The lowest BCUT2D eigenvalue weighted by atomic mass is 9.62. The number of furan rings is 1. The van der Waals surface area contributed by atoms with Gasteiger partial charge in [0.2, 0.25) is 0 Å². The molecule has 0 saturated heterocycles. The molecule has 0 bridgehead atoms. The van der Waals surface area contributed by atoms with Gasteiger partial charge in [-0.2, -0.15) is 0 Å². The summed E-state index contributed by atoms with van der Waals surface area (Å²) in [5.41, 5.74) is 22.5. The molecule has 3 nitrogen and oxygen atoms in total. The summed E-state index contributed by atoms with van der Waals surface area (Å²) < 4.78 is 6.64. The molecular formula is C62H70N2OS. The van der Waals surface area contributed by atoms with E-state index in [-0.39, 0.29) is 32.5 Å². The molecule has 4 aliphatic rings. The number of aryl methyl sites for hydroxylation is 2. The van der Waals surface area contributed by atoms with E-state index in [2.05, 4.69) is 198 Å². The Morgan fingerprint density at radius 3 is 1.68 bits per heavy atom. The molecule has 6 aromatic carbocycles. The van der Waals surface area contributed by atoms with Crippen LogP contribution in [0, 0.1) is 13.8 Å². The van der Waals surface area contributed by atoms with Crippen molar-refractivity contribution >= 4 is 62.1 Å². The van der Waals surface area contributed by atoms with Gasteiger partial charge >= 0.3 is 0 Å². The molecule has 3 aliphatic carbocycles. The lowest BCUT2D eigenvalue weighted by Gasteiger charge is -2.44. The lowest BCUT2D eigenvalue weighted by Crippen LogP contribution is -2.34. The maximum Gasteiger partial charge on any atom is 0.136 e. The maximum absolute atomic E-state index is 6.64. The third-order valence-corrected chi connectivity index (χ3v) is 18.4. The number of anilines is 5. The fourth-order valence-corrected chi connectivity index (χ4v) is 13.6. The first kappa shape index (κ1) is 43.6. The zero-order chi connectivity index (χ0) is 46.7. The van der Waals surface area contributed by atoms with Crippen molar-refractivity contribution in [1.29, 1.82) is 0 Å². The monoisotopic (exact) mass is 891 g/mol. The zero-order valence-electron chi connectivity index (χ0n) is 42.2. The van der Waals surface area contributed by atoms with Crippen molar-refractivity contribution in [2.24, 2.45) is 0 Å². The summed E-state index contributed by atoms with van der Waals surface area (Å²) in [7, 11) is 0. The minimum absolute atomic E-state index is 0.0446. The van der Waals surface area contributed by atoms with E-state index in [0.29, 0.717) is 0 Å². The number of rotatable bonds is 4. The summed E-state index contributed by atoms with van der Waals surface area (Å²) in [6.07, 6.45) is 7.09. The fourth-order valence-electron chi connectivity index (χ4n) is 12.4. The predicted molar refractivity (Wildman–Crippen MR) is 283 cm³/mol. The quantitative estimate of drug-likeness (QED) is 0.191. The van der Waals surface area contributed by atoms with Gasteiger partial charge in [-0.15, -0.1) is 0 Å². The maximum atomic E-state index is 6.64. The van der Waals surface area contributed by atoms with Crippen LogP contribution in [-0.2, 0) is 32.5 Å². The van der Waals surface area contributed by atoms with Crippen molar-refractivity contribution in [3.05, 3.63) is 136 Å². The summed E-state index contributed by atoms with van der Waals surface area (Å²) in [5.74, 6) is 0. The summed E-state index contributed by atoms with van der Waals surface area (Å²) in [6, 6.07) is 35.7. The lowest BCUT2D eigenvalue weighted by molar-refractivity contribution is 0.332. The molecule has 0 fully saturated rings. The molecule has 2 heterocycles. The Hall–Kier alpha value is -4.93. The number of hydrogen-bond donors (Lipinski definition) is 1. The number of nitrogens with one attached hydrogen (secondary N) is 1. The van der Waals surface area contributed by atoms with Crippen molar-refractivity contribution in [2.75, 3.05) is 10.2 Å². The van der Waals surface area contributed by atoms with Crippen molar-refractivity contribution < 1.29 is 4.42 Å². The van der Waals surface area contributed by atoms with Crippen LogP contribution in [0.25, 0.3) is 33.1 Å². The molecule has 4 heteroatoms. The van der Waals surface area contributed by atoms with Crippen LogP contribution in [0.5, 0.6) is 0 Å². The van der Waals surface area contributed by atoms with Gasteiger partial charge in [0, 0.05) is 48.8 Å². The van der Waals surface area contributed by atoms with Crippen molar-refractivity contribution in [2.45, 2.75) is 178 Å². The molecule has 1 aliphatic heterocycles. The van der Waals surface area contributed by atoms with Gasteiger partial charge in [0.25, 0.3) is 0 Å². The van der Waals surface area contributed by atoms with E-state index in [1.807, 2.05) is 11.8 Å². The van der Waals surface area contributed by atoms with Crippen LogP contribution in [0.2, 0.25) is 0 Å². The Labute approximate surface area is 399 Å². The Morgan fingerprint density at radius 2 is 1.03 bits per heavy atom. The summed E-state index contributed by atoms with van der Waals surface area (Å²) in [5, 5.41) is 6.47. The van der Waals surface area contributed by atoms with Gasteiger partial charge in [0.1, 0.15) is 11.2 Å². The van der Waals surface area contributed by atoms with Crippen LogP contribution < -0.4 is 10.2 Å². The third-order valence-electron chi connectivity index (χ3n) is 17.2. The van der Waals surface area contributed by atoms with Crippen LogP contribution in [0.1, 0.15) is 166 Å². The van der Waals surface area contributed by atoms with Gasteiger partial charge in [0.05, 0.1) is 11.4 Å².